The summed E-state index contributed by atoms with van der Waals surface area (Å²) in [6, 6.07) is 0. The molecule has 5 N–H and O–H groups in total. The maximum Gasteiger partial charge on any atom is 0.259 e. The number of fused-ring (bicyclic) bond motifs is 1. The van der Waals surface area contributed by atoms with Crippen LogP contribution in [-0.4, -0.2) is 72.9 Å². The van der Waals surface area contributed by atoms with E-state index in [4.69, 9.17) is 10.5 Å². The first-order valence-electron chi connectivity index (χ1n) is 15.0. The van der Waals surface area contributed by atoms with Gasteiger partial charge in [-0.05, 0) is 72.6 Å². The molecular formula is C32H44N8O4. The number of aryl methyl sites for hydroxylation is 1. The van der Waals surface area contributed by atoms with E-state index in [2.05, 4.69) is 44.4 Å². The van der Waals surface area contributed by atoms with Crippen LogP contribution < -0.4 is 21.1 Å². The monoisotopic (exact) mass is 604 g/mol. The van der Waals surface area contributed by atoms with Crippen molar-refractivity contribution in [3.8, 4) is 17.1 Å². The number of aliphatic hydroxyl groups excluding tert-OH is 1. The van der Waals surface area contributed by atoms with E-state index in [-0.39, 0.29) is 29.3 Å². The van der Waals surface area contributed by atoms with Gasteiger partial charge in [0.1, 0.15) is 12.7 Å². The Morgan fingerprint density at radius 2 is 2.00 bits per heavy atom. The first-order valence-corrected chi connectivity index (χ1v) is 15.0. The Hall–Kier alpha value is -4.29. The van der Waals surface area contributed by atoms with E-state index >= 15 is 0 Å². The van der Waals surface area contributed by atoms with Crippen LogP contribution in [0.2, 0.25) is 0 Å². The predicted molar refractivity (Wildman–Crippen MR) is 169 cm³/mol. The van der Waals surface area contributed by atoms with Gasteiger partial charge < -0.3 is 26.2 Å². The third-order valence-corrected chi connectivity index (χ3v) is 7.78. The highest BCUT2D eigenvalue weighted by molar-refractivity contribution is 6.19. The Morgan fingerprint density at radius 3 is 2.61 bits per heavy atom. The summed E-state index contributed by atoms with van der Waals surface area (Å²) < 4.78 is 7.32. The minimum Gasteiger partial charge on any atom is -0.475 e. The number of aliphatic hydroxyl groups is 1. The van der Waals surface area contributed by atoms with Crippen LogP contribution in [0.5, 0.6) is 5.88 Å². The van der Waals surface area contributed by atoms with Gasteiger partial charge in [0.2, 0.25) is 11.8 Å². The van der Waals surface area contributed by atoms with E-state index in [9.17, 15) is 14.7 Å². The lowest BCUT2D eigenvalue weighted by molar-refractivity contribution is -0.122. The summed E-state index contributed by atoms with van der Waals surface area (Å²) in [6.07, 6.45) is 12.0. The van der Waals surface area contributed by atoms with Crippen LogP contribution in [0.4, 0.5) is 0 Å². The first-order chi connectivity index (χ1) is 20.9. The normalized spacial score (nSPS) is 18.6. The molecule has 2 aromatic heterocycles. The molecule has 0 bridgehead atoms. The number of ether oxygens (including phenoxy) is 1. The molecular weight excluding hydrogens is 560 g/mol. The fourth-order valence-corrected chi connectivity index (χ4v) is 5.28. The van der Waals surface area contributed by atoms with Crippen molar-refractivity contribution in [1.82, 2.24) is 35.3 Å². The lowest BCUT2D eigenvalue weighted by Gasteiger charge is -2.30. The number of rotatable bonds is 10. The van der Waals surface area contributed by atoms with Gasteiger partial charge in [-0.1, -0.05) is 18.6 Å². The van der Waals surface area contributed by atoms with Crippen molar-refractivity contribution < 1.29 is 19.4 Å². The van der Waals surface area contributed by atoms with Crippen molar-refractivity contribution >= 4 is 17.4 Å². The third kappa shape index (κ3) is 7.61. The summed E-state index contributed by atoms with van der Waals surface area (Å²) in [4.78, 5) is 37.6. The van der Waals surface area contributed by atoms with E-state index in [0.29, 0.717) is 47.3 Å². The maximum absolute atomic E-state index is 13.4. The minimum absolute atomic E-state index is 0.0137. The number of hydrogen-bond donors (Lipinski definition) is 4. The number of likely N-dealkylation sites (tertiary alicyclic amines) is 1. The molecule has 12 nitrogen and oxygen atoms in total. The topological polar surface area (TPSA) is 161 Å². The molecule has 0 saturated carbocycles. The van der Waals surface area contributed by atoms with Crippen LogP contribution in [-0.2, 0) is 16.1 Å². The largest absolute Gasteiger partial charge is 0.475 e. The molecule has 1 fully saturated rings. The van der Waals surface area contributed by atoms with E-state index in [1.54, 1.807) is 10.8 Å². The van der Waals surface area contributed by atoms with Crippen LogP contribution in [0.1, 0.15) is 65.3 Å². The van der Waals surface area contributed by atoms with Gasteiger partial charge in [0.05, 0.1) is 53.7 Å². The number of carbonyl (C=O) groups is 2. The molecule has 0 radical (unpaired) electrons. The quantitative estimate of drug-likeness (QED) is 0.236. The Balaban J connectivity index is 1.50. The molecule has 1 saturated heterocycles. The lowest BCUT2D eigenvalue weighted by Crippen LogP contribution is -2.44. The van der Waals surface area contributed by atoms with Gasteiger partial charge in [-0.25, -0.2) is 4.68 Å². The molecule has 0 aliphatic carbocycles. The number of nitrogens with two attached hydrogens (primary N) is 1. The molecule has 44 heavy (non-hydrogen) atoms. The van der Waals surface area contributed by atoms with Crippen LogP contribution in [0.3, 0.4) is 0 Å². The number of hydrogen-bond acceptors (Lipinski definition) is 9. The summed E-state index contributed by atoms with van der Waals surface area (Å²) in [5, 5.41) is 20.3. The minimum atomic E-state index is -0.628. The molecule has 1 unspecified atom stereocenters. The second-order valence-corrected chi connectivity index (χ2v) is 11.9. The standard InChI is InChI=1S/C32H44N8O4/c1-7-8-10-22(36-28(42)18-39-12-9-11-32(39,5)6)13-25(20(2)3)37-30(43)24(14-33)26-15-35-27(16-34-26)29-21(4)38-40-17-23(41)19-44-31(29)40/h8,10,13-16,23,41H,7,9,11-12,17-19,33H2,1-6H3,(H,36,42)(H,37,43)/b10-8+,22-13+,24-14+. The van der Waals surface area contributed by atoms with Crippen molar-refractivity contribution in [3.63, 3.8) is 0 Å². The third-order valence-electron chi connectivity index (χ3n) is 7.78. The molecule has 0 aromatic carbocycles. The average molecular weight is 605 g/mol. The average Bonchev–Trinajstić information content (AvgIpc) is 3.47. The molecule has 4 rings (SSSR count). The summed E-state index contributed by atoms with van der Waals surface area (Å²) in [5.41, 5.74) is 10.1. The second-order valence-electron chi connectivity index (χ2n) is 11.9. The van der Waals surface area contributed by atoms with Gasteiger partial charge in [0, 0.05) is 23.1 Å². The van der Waals surface area contributed by atoms with Gasteiger partial charge in [0.15, 0.2) is 0 Å². The fraction of sp³-hybridized carbons (Fsp3) is 0.469. The Morgan fingerprint density at radius 1 is 1.23 bits per heavy atom. The summed E-state index contributed by atoms with van der Waals surface area (Å²) >= 11 is 0. The van der Waals surface area contributed by atoms with Gasteiger partial charge in [-0.15, -0.1) is 0 Å². The van der Waals surface area contributed by atoms with Gasteiger partial charge >= 0.3 is 0 Å². The summed E-state index contributed by atoms with van der Waals surface area (Å²) in [7, 11) is 0. The Labute approximate surface area is 258 Å². The molecule has 2 amide bonds. The number of nitrogens with zero attached hydrogens (tertiary/aromatic N) is 5. The molecule has 236 valence electrons. The molecule has 1 atom stereocenters. The van der Waals surface area contributed by atoms with E-state index < -0.39 is 12.0 Å². The number of carbonyl (C=O) groups excluding carboxylic acids is 2. The molecule has 2 aromatic rings. The number of allylic oxidation sites excluding steroid dienone is 4. The highest BCUT2D eigenvalue weighted by atomic mass is 16.5. The Bertz CT molecular complexity index is 1500. The first kappa shape index (κ1) is 32.6. The van der Waals surface area contributed by atoms with Crippen molar-refractivity contribution in [2.45, 2.75) is 79.0 Å². The number of amides is 2. The molecule has 0 spiro atoms. The SMILES string of the molecule is CC/C=C/C(=C\C(NC(=O)/C(=C/N)c1cnc(-c2c(C)nn3c2OCC(O)C3)cn1)=C(C)C)NC(=O)CN1CCCC1(C)C. The van der Waals surface area contributed by atoms with Crippen molar-refractivity contribution in [1.29, 1.82) is 0 Å². The van der Waals surface area contributed by atoms with Gasteiger partial charge in [0.25, 0.3) is 5.91 Å². The van der Waals surface area contributed by atoms with Crippen LogP contribution >= 0.6 is 0 Å². The fourth-order valence-electron chi connectivity index (χ4n) is 5.28. The van der Waals surface area contributed by atoms with Crippen molar-refractivity contribution in [2.24, 2.45) is 5.73 Å². The summed E-state index contributed by atoms with van der Waals surface area (Å²) in [6.45, 7) is 13.6. The predicted octanol–water partition coefficient (Wildman–Crippen LogP) is 2.95. The van der Waals surface area contributed by atoms with Crippen LogP contribution in [0, 0.1) is 6.92 Å². The van der Waals surface area contributed by atoms with Crippen molar-refractivity contribution in [3.05, 3.63) is 65.2 Å². The van der Waals surface area contributed by atoms with E-state index in [0.717, 1.165) is 31.4 Å². The molecule has 2 aliphatic rings. The van der Waals surface area contributed by atoms with Crippen LogP contribution in [0.15, 0.2) is 53.8 Å². The molecule has 12 heteroatoms. The van der Waals surface area contributed by atoms with E-state index in [1.807, 2.05) is 39.8 Å². The zero-order chi connectivity index (χ0) is 32.0. The second kappa shape index (κ2) is 14.0. The zero-order valence-electron chi connectivity index (χ0n) is 26.5. The number of aromatic nitrogens is 4. The molecule has 4 heterocycles. The highest BCUT2D eigenvalue weighted by Crippen LogP contribution is 2.34. The van der Waals surface area contributed by atoms with Gasteiger partial charge in [-0.3, -0.25) is 24.5 Å². The van der Waals surface area contributed by atoms with Gasteiger partial charge in [-0.2, -0.15) is 5.10 Å². The zero-order valence-corrected chi connectivity index (χ0v) is 26.5. The highest BCUT2D eigenvalue weighted by Gasteiger charge is 2.33. The Kier molecular flexibility index (Phi) is 10.4. The number of nitrogens with one attached hydrogen (secondary N) is 2. The molecule has 2 aliphatic heterocycles. The van der Waals surface area contributed by atoms with E-state index in [1.165, 1.54) is 18.6 Å². The summed E-state index contributed by atoms with van der Waals surface area (Å²) in [5.74, 6) is -0.0606. The smallest absolute Gasteiger partial charge is 0.259 e. The van der Waals surface area contributed by atoms with Crippen LogP contribution in [0.25, 0.3) is 16.8 Å². The maximum atomic E-state index is 13.4. The lowest BCUT2D eigenvalue weighted by atomic mass is 10.0. The van der Waals surface area contributed by atoms with Crippen molar-refractivity contribution in [2.75, 3.05) is 19.7 Å².